The zero-order valence-electron chi connectivity index (χ0n) is 8.19. The summed E-state index contributed by atoms with van der Waals surface area (Å²) in [6, 6.07) is 2.98. The van der Waals surface area contributed by atoms with Crippen LogP contribution in [0.3, 0.4) is 0 Å². The maximum Gasteiger partial charge on any atom is 0.128 e. The summed E-state index contributed by atoms with van der Waals surface area (Å²) in [5.41, 5.74) is 6.21. The van der Waals surface area contributed by atoms with Crippen LogP contribution in [0.25, 0.3) is 0 Å². The topological polar surface area (TPSA) is 26.0 Å². The van der Waals surface area contributed by atoms with Crippen molar-refractivity contribution in [3.8, 4) is 0 Å². The highest BCUT2D eigenvalue weighted by Gasteiger charge is 2.41. The molecule has 2 rings (SSSR count). The molecule has 1 aliphatic carbocycles. The number of hydrogen-bond acceptors (Lipinski definition) is 1. The molecular formula is C11H12BrClFN. The summed E-state index contributed by atoms with van der Waals surface area (Å²) in [5.74, 6) is -0.212. The van der Waals surface area contributed by atoms with Gasteiger partial charge in [0.1, 0.15) is 5.82 Å². The lowest BCUT2D eigenvalue weighted by Gasteiger charge is -2.42. The van der Waals surface area contributed by atoms with Gasteiger partial charge < -0.3 is 5.73 Å². The molecule has 0 aromatic heterocycles. The molecule has 2 N–H and O–H groups in total. The van der Waals surface area contributed by atoms with Crippen molar-refractivity contribution in [1.29, 1.82) is 0 Å². The highest BCUT2D eigenvalue weighted by atomic mass is 79.9. The van der Waals surface area contributed by atoms with Crippen LogP contribution in [0.2, 0.25) is 5.02 Å². The van der Waals surface area contributed by atoms with Crippen LogP contribution in [0.4, 0.5) is 4.39 Å². The van der Waals surface area contributed by atoms with Gasteiger partial charge in [0, 0.05) is 22.0 Å². The van der Waals surface area contributed by atoms with Crippen molar-refractivity contribution >= 4 is 27.5 Å². The molecule has 4 heteroatoms. The van der Waals surface area contributed by atoms with Crippen molar-refractivity contribution in [2.24, 2.45) is 5.73 Å². The van der Waals surface area contributed by atoms with Crippen LogP contribution in [0.5, 0.6) is 0 Å². The van der Waals surface area contributed by atoms with Gasteiger partial charge in [0.25, 0.3) is 0 Å². The summed E-state index contributed by atoms with van der Waals surface area (Å²) in [4.78, 5) is 0. The zero-order chi connectivity index (χ0) is 11.1. The molecule has 0 saturated heterocycles. The number of benzene rings is 1. The third-order valence-corrected chi connectivity index (χ3v) is 4.64. The first kappa shape index (κ1) is 11.4. The maximum atomic E-state index is 13.8. The van der Waals surface area contributed by atoms with Crippen molar-refractivity contribution in [3.63, 3.8) is 0 Å². The van der Waals surface area contributed by atoms with E-state index in [1.165, 1.54) is 6.07 Å². The lowest BCUT2D eigenvalue weighted by atomic mass is 9.64. The molecule has 1 aromatic carbocycles. The van der Waals surface area contributed by atoms with E-state index in [4.69, 9.17) is 17.3 Å². The van der Waals surface area contributed by atoms with Gasteiger partial charge in [0.05, 0.1) is 5.02 Å². The summed E-state index contributed by atoms with van der Waals surface area (Å²) < 4.78 is 14.5. The molecule has 1 saturated carbocycles. The van der Waals surface area contributed by atoms with Crippen LogP contribution in [0, 0.1) is 5.82 Å². The maximum absolute atomic E-state index is 13.8. The van der Waals surface area contributed by atoms with Gasteiger partial charge in [-0.05, 0) is 40.9 Å². The average Bonchev–Trinajstić information content (AvgIpc) is 2.16. The second kappa shape index (κ2) is 4.04. The highest BCUT2D eigenvalue weighted by molar-refractivity contribution is 9.10. The number of hydrogen-bond donors (Lipinski definition) is 1. The molecule has 1 aliphatic rings. The summed E-state index contributed by atoms with van der Waals surface area (Å²) in [6.45, 7) is 0.475. The van der Waals surface area contributed by atoms with Crippen molar-refractivity contribution in [2.75, 3.05) is 6.54 Å². The Morgan fingerprint density at radius 2 is 2.13 bits per heavy atom. The lowest BCUT2D eigenvalue weighted by Crippen LogP contribution is -2.42. The van der Waals surface area contributed by atoms with Gasteiger partial charge in [-0.3, -0.25) is 0 Å². The second-order valence-corrected chi connectivity index (χ2v) is 5.26. The third kappa shape index (κ3) is 1.71. The van der Waals surface area contributed by atoms with Gasteiger partial charge in [-0.25, -0.2) is 4.39 Å². The van der Waals surface area contributed by atoms with Gasteiger partial charge in [-0.1, -0.05) is 18.0 Å². The van der Waals surface area contributed by atoms with E-state index in [1.54, 1.807) is 6.07 Å². The molecule has 0 aliphatic heterocycles. The largest absolute Gasteiger partial charge is 0.330 e. The molecule has 0 radical (unpaired) electrons. The zero-order valence-corrected chi connectivity index (χ0v) is 10.5. The van der Waals surface area contributed by atoms with Gasteiger partial charge in [-0.2, -0.15) is 0 Å². The van der Waals surface area contributed by atoms with Crippen molar-refractivity contribution in [1.82, 2.24) is 0 Å². The molecule has 0 heterocycles. The average molecular weight is 293 g/mol. The molecule has 1 nitrogen and oxygen atoms in total. The second-order valence-electron chi connectivity index (χ2n) is 4.06. The van der Waals surface area contributed by atoms with E-state index in [0.717, 1.165) is 19.3 Å². The van der Waals surface area contributed by atoms with Gasteiger partial charge in [0.15, 0.2) is 0 Å². The summed E-state index contributed by atoms with van der Waals surface area (Å²) in [7, 11) is 0. The number of nitrogens with two attached hydrogens (primary N) is 1. The van der Waals surface area contributed by atoms with Gasteiger partial charge >= 0.3 is 0 Å². The van der Waals surface area contributed by atoms with Crippen LogP contribution in [0.15, 0.2) is 16.6 Å². The van der Waals surface area contributed by atoms with Crippen LogP contribution < -0.4 is 5.73 Å². The van der Waals surface area contributed by atoms with Crippen LogP contribution >= 0.6 is 27.5 Å². The summed E-state index contributed by atoms with van der Waals surface area (Å²) >= 11 is 9.33. The summed E-state index contributed by atoms with van der Waals surface area (Å²) in [6.07, 6.45) is 2.99. The predicted molar refractivity (Wildman–Crippen MR) is 63.7 cm³/mol. The van der Waals surface area contributed by atoms with E-state index in [2.05, 4.69) is 15.9 Å². The monoisotopic (exact) mass is 291 g/mol. The van der Waals surface area contributed by atoms with Gasteiger partial charge in [-0.15, -0.1) is 0 Å². The first-order valence-electron chi connectivity index (χ1n) is 4.95. The first-order chi connectivity index (χ1) is 7.10. The Balaban J connectivity index is 2.55. The third-order valence-electron chi connectivity index (χ3n) is 3.28. The van der Waals surface area contributed by atoms with Crippen molar-refractivity contribution in [2.45, 2.75) is 24.7 Å². The standard InChI is InChI=1S/C11H12BrClFN/c12-10-7(13)2-3-8(14)9(10)11(6-15)4-1-5-11/h2-3H,1,4-6,15H2. The smallest absolute Gasteiger partial charge is 0.128 e. The van der Waals surface area contributed by atoms with Crippen LogP contribution in [-0.4, -0.2) is 6.54 Å². The van der Waals surface area contributed by atoms with E-state index < -0.39 is 0 Å². The van der Waals surface area contributed by atoms with Crippen molar-refractivity contribution < 1.29 is 4.39 Å². The molecule has 1 aromatic rings. The molecule has 0 unspecified atom stereocenters. The van der Waals surface area contributed by atoms with Crippen LogP contribution in [0.1, 0.15) is 24.8 Å². The normalized spacial score (nSPS) is 18.7. The minimum atomic E-state index is -0.212. The van der Waals surface area contributed by atoms with E-state index in [0.29, 0.717) is 21.6 Å². The molecule has 0 atom stereocenters. The molecular weight excluding hydrogens is 280 g/mol. The Bertz CT molecular complexity index is 385. The minimum absolute atomic E-state index is 0.201. The van der Waals surface area contributed by atoms with E-state index >= 15 is 0 Å². The van der Waals surface area contributed by atoms with E-state index in [1.807, 2.05) is 0 Å². The molecule has 0 bridgehead atoms. The Kier molecular flexibility index (Phi) is 3.06. The Morgan fingerprint density at radius 1 is 1.47 bits per heavy atom. The predicted octanol–water partition coefficient (Wildman–Crippen LogP) is 3.62. The van der Waals surface area contributed by atoms with Crippen molar-refractivity contribution in [3.05, 3.63) is 33.0 Å². The Morgan fingerprint density at radius 3 is 2.60 bits per heavy atom. The SMILES string of the molecule is NCC1(c2c(F)ccc(Cl)c2Br)CCC1. The Labute approximate surface area is 102 Å². The molecule has 15 heavy (non-hydrogen) atoms. The van der Waals surface area contributed by atoms with E-state index in [9.17, 15) is 4.39 Å². The molecule has 0 amide bonds. The fourth-order valence-corrected chi connectivity index (χ4v) is 3.07. The minimum Gasteiger partial charge on any atom is -0.330 e. The number of rotatable bonds is 2. The Hall–Kier alpha value is -0.120. The molecule has 82 valence electrons. The first-order valence-corrected chi connectivity index (χ1v) is 6.12. The van der Waals surface area contributed by atoms with Crippen LogP contribution in [-0.2, 0) is 5.41 Å². The summed E-state index contributed by atoms with van der Waals surface area (Å²) in [5, 5.41) is 0.547. The molecule has 1 fully saturated rings. The highest BCUT2D eigenvalue weighted by Crippen LogP contribution is 2.47. The lowest BCUT2D eigenvalue weighted by molar-refractivity contribution is 0.243. The quantitative estimate of drug-likeness (QED) is 0.828. The van der Waals surface area contributed by atoms with Gasteiger partial charge in [0.2, 0.25) is 0 Å². The fourth-order valence-electron chi connectivity index (χ4n) is 2.17. The molecule has 0 spiro atoms. The van der Waals surface area contributed by atoms with E-state index in [-0.39, 0.29) is 11.2 Å². The number of halogens is 3. The fraction of sp³-hybridized carbons (Fsp3) is 0.455.